The minimum absolute atomic E-state index is 0.110. The molecular weight excluding hydrogens is 889 g/mol. The third-order valence-electron chi connectivity index (χ3n) is 12.0. The quantitative estimate of drug-likeness (QED) is 0.0694. The van der Waals surface area contributed by atoms with Gasteiger partial charge in [0.2, 0.25) is 11.8 Å². The van der Waals surface area contributed by atoms with Crippen LogP contribution in [0.3, 0.4) is 0 Å². The highest BCUT2D eigenvalue weighted by Gasteiger charge is 2.51. The van der Waals surface area contributed by atoms with E-state index >= 15 is 0 Å². The molecule has 3 aliphatic rings. The van der Waals surface area contributed by atoms with E-state index in [4.69, 9.17) is 24.1 Å². The van der Waals surface area contributed by atoms with Crippen molar-refractivity contribution in [1.82, 2.24) is 46.9 Å². The predicted molar refractivity (Wildman–Crippen MR) is 253 cm³/mol. The molecule has 3 fully saturated rings. The first kappa shape index (κ1) is 51.6. The SMILES string of the molecule is Cc1cc(C(=O)NC2CC3COCC(C(=O)OC(C)(C)C)(C2)N3)ncc1-c1ccc(C[C@H](NC(=O)[C@H]2CC[C@H](CNC(=O)OC(C)(C)C)CC2)C(=O)Nc2ccc(-c3nnn[nH]3)cc2)cc1.O=CO. The number of ether oxygens (including phenoxy) is 3. The number of aromatic amines is 1. The lowest BCUT2D eigenvalue weighted by Crippen LogP contribution is -2.70. The van der Waals surface area contributed by atoms with E-state index in [1.165, 1.54) is 0 Å². The standard InChI is InChI=1S/C48H62N10O8.CH2O2/c1-28-20-38(42(60)52-35-22-36-26-64-27-48(23-35,54-36)44(62)65-46(2,3)4)49-25-37(28)31-12-8-29(9-13-31)21-39(43(61)51-34-18-16-32(17-19-34)40-55-57-58-56-40)53-41(59)33-14-10-30(11-15-33)24-50-45(63)66-47(5,6)7;2-1-3/h8-9,12-13,16-20,25,30,33,35-36,39,54H,10-11,14-15,21-24,26-27H2,1-7H3,(H,50,63)(H,51,61)(H,52,60)(H,53,59)(H,55,56,57,58);1H,(H,2,3)/t30-,33-,35?,36?,39-,48?;/m0./s1. The van der Waals surface area contributed by atoms with Gasteiger partial charge in [0.25, 0.3) is 12.4 Å². The number of carbonyl (C=O) groups is 6. The Balaban J connectivity index is 0.00000254. The first-order chi connectivity index (χ1) is 32.7. The van der Waals surface area contributed by atoms with Crippen molar-refractivity contribution in [3.05, 3.63) is 77.6 Å². The summed E-state index contributed by atoms with van der Waals surface area (Å²) in [6.45, 7) is 13.7. The lowest BCUT2D eigenvalue weighted by Gasteiger charge is -2.47. The van der Waals surface area contributed by atoms with Gasteiger partial charge in [-0.1, -0.05) is 24.3 Å². The van der Waals surface area contributed by atoms with Gasteiger partial charge in [-0.2, -0.15) is 0 Å². The number of carboxylic acid groups (broad SMARTS) is 1. The van der Waals surface area contributed by atoms with Crippen LogP contribution >= 0.6 is 0 Å². The summed E-state index contributed by atoms with van der Waals surface area (Å²) < 4.78 is 16.9. The lowest BCUT2D eigenvalue weighted by molar-refractivity contribution is -0.173. The van der Waals surface area contributed by atoms with Crippen molar-refractivity contribution < 1.29 is 48.1 Å². The van der Waals surface area contributed by atoms with Gasteiger partial charge in [-0.3, -0.25) is 29.5 Å². The highest BCUT2D eigenvalue weighted by Crippen LogP contribution is 2.32. The molecule has 1 saturated carbocycles. The molecule has 20 nitrogen and oxygen atoms in total. The number of amides is 4. The van der Waals surface area contributed by atoms with E-state index in [2.05, 4.69) is 52.2 Å². The molecule has 2 aliphatic heterocycles. The molecule has 7 rings (SSSR count). The molecule has 2 aromatic carbocycles. The van der Waals surface area contributed by atoms with Crippen LogP contribution in [0.5, 0.6) is 0 Å². The topological polar surface area (TPSA) is 278 Å². The summed E-state index contributed by atoms with van der Waals surface area (Å²) in [6, 6.07) is 15.2. The second-order valence-corrected chi connectivity index (χ2v) is 19.9. The number of aryl methyl sites for hydroxylation is 1. The van der Waals surface area contributed by atoms with Gasteiger partial charge in [-0.05, 0) is 150 Å². The molecule has 2 aromatic heterocycles. The number of carbonyl (C=O) groups excluding carboxylic acids is 5. The highest BCUT2D eigenvalue weighted by atomic mass is 16.6. The first-order valence-electron chi connectivity index (χ1n) is 23.2. The van der Waals surface area contributed by atoms with E-state index in [1.54, 1.807) is 36.5 Å². The van der Waals surface area contributed by atoms with E-state index < -0.39 is 34.8 Å². The first-order valence-corrected chi connectivity index (χ1v) is 23.2. The normalized spacial score (nSPS) is 21.5. The molecule has 1 aliphatic carbocycles. The number of pyridine rings is 1. The average molecular weight is 953 g/mol. The summed E-state index contributed by atoms with van der Waals surface area (Å²) in [5.74, 6) is -0.850. The number of tetrazole rings is 1. The number of esters is 1. The summed E-state index contributed by atoms with van der Waals surface area (Å²) in [5.41, 5.74) is 2.61. The number of hydrogen-bond donors (Lipinski definition) is 7. The second kappa shape index (κ2) is 22.5. The summed E-state index contributed by atoms with van der Waals surface area (Å²) in [4.78, 5) is 79.7. The fraction of sp³-hybridized carbons (Fsp3) is 0.510. The van der Waals surface area contributed by atoms with Gasteiger partial charge in [0, 0.05) is 54.0 Å². The van der Waals surface area contributed by atoms with Crippen molar-refractivity contribution in [3.63, 3.8) is 0 Å². The number of fused-ring (bicyclic) bond motifs is 2. The van der Waals surface area contributed by atoms with Crippen molar-refractivity contribution >= 4 is 41.9 Å². The van der Waals surface area contributed by atoms with Gasteiger partial charge in [0.15, 0.2) is 5.82 Å². The van der Waals surface area contributed by atoms with E-state index in [0.29, 0.717) is 50.3 Å². The molecule has 20 heteroatoms. The number of piperidine rings is 1. The van der Waals surface area contributed by atoms with Crippen LogP contribution in [0.4, 0.5) is 10.5 Å². The number of aromatic nitrogens is 5. The maximum Gasteiger partial charge on any atom is 0.407 e. The maximum atomic E-state index is 14.0. The van der Waals surface area contributed by atoms with Crippen LogP contribution in [0, 0.1) is 18.8 Å². The van der Waals surface area contributed by atoms with Gasteiger partial charge in [0.05, 0.1) is 13.2 Å². The Hall–Kier alpha value is -6.80. The predicted octanol–water partition coefficient (Wildman–Crippen LogP) is 4.90. The average Bonchev–Trinajstić information content (AvgIpc) is 3.83. The number of anilines is 1. The molecule has 4 aromatic rings. The number of H-pyrrole nitrogens is 1. The monoisotopic (exact) mass is 952 g/mol. The summed E-state index contributed by atoms with van der Waals surface area (Å²) in [5, 5.41) is 36.2. The van der Waals surface area contributed by atoms with Crippen molar-refractivity contribution in [2.45, 2.75) is 128 Å². The third-order valence-corrected chi connectivity index (χ3v) is 12.0. The highest BCUT2D eigenvalue weighted by molar-refractivity contribution is 5.98. The molecule has 0 spiro atoms. The van der Waals surface area contributed by atoms with E-state index in [0.717, 1.165) is 40.7 Å². The number of alkyl carbamates (subject to hydrolysis) is 1. The summed E-state index contributed by atoms with van der Waals surface area (Å²) >= 11 is 0. The molecule has 370 valence electrons. The Morgan fingerprint density at radius 3 is 2.23 bits per heavy atom. The van der Waals surface area contributed by atoms with Gasteiger partial charge in [0.1, 0.15) is 28.5 Å². The number of nitrogens with zero attached hydrogens (tertiary/aromatic N) is 4. The zero-order chi connectivity index (χ0) is 49.9. The molecule has 4 atom stereocenters. The van der Waals surface area contributed by atoms with E-state index in [1.807, 2.05) is 72.7 Å². The van der Waals surface area contributed by atoms with Gasteiger partial charge >= 0.3 is 12.1 Å². The molecule has 7 N–H and O–H groups in total. The van der Waals surface area contributed by atoms with E-state index in [9.17, 15) is 24.0 Å². The van der Waals surface area contributed by atoms with Gasteiger partial charge < -0.3 is 40.6 Å². The molecule has 4 heterocycles. The number of benzene rings is 2. The molecule has 2 saturated heterocycles. The fourth-order valence-electron chi connectivity index (χ4n) is 8.82. The van der Waals surface area contributed by atoms with Gasteiger partial charge in [-0.15, -0.1) is 5.10 Å². The van der Waals surface area contributed by atoms with Gasteiger partial charge in [-0.25, -0.2) is 14.7 Å². The van der Waals surface area contributed by atoms with Crippen LogP contribution in [0.15, 0.2) is 60.8 Å². The number of hydrogen-bond acceptors (Lipinski definition) is 14. The van der Waals surface area contributed by atoms with Crippen LogP contribution in [-0.4, -0.2) is 122 Å². The third kappa shape index (κ3) is 14.6. The molecular formula is C49H64N10O10. The van der Waals surface area contributed by atoms with Crippen molar-refractivity contribution in [2.75, 3.05) is 25.1 Å². The Morgan fingerprint density at radius 1 is 0.942 bits per heavy atom. The maximum absolute atomic E-state index is 14.0. The number of rotatable bonds is 13. The molecule has 0 radical (unpaired) electrons. The zero-order valence-corrected chi connectivity index (χ0v) is 40.2. The summed E-state index contributed by atoms with van der Waals surface area (Å²) in [7, 11) is 0. The van der Waals surface area contributed by atoms with Crippen LogP contribution in [0.25, 0.3) is 22.5 Å². The number of morpholine rings is 1. The minimum Gasteiger partial charge on any atom is -0.483 e. The Bertz CT molecular complexity index is 2410. The second-order valence-electron chi connectivity index (χ2n) is 19.9. The molecule has 69 heavy (non-hydrogen) atoms. The Kier molecular flexibility index (Phi) is 16.9. The van der Waals surface area contributed by atoms with Crippen molar-refractivity contribution in [2.24, 2.45) is 11.8 Å². The fourth-order valence-corrected chi connectivity index (χ4v) is 8.82. The van der Waals surface area contributed by atoms with Crippen molar-refractivity contribution in [3.8, 4) is 22.5 Å². The van der Waals surface area contributed by atoms with Crippen LogP contribution in [-0.2, 0) is 39.8 Å². The molecule has 4 amide bonds. The van der Waals surface area contributed by atoms with Crippen LogP contribution < -0.4 is 26.6 Å². The molecule has 3 unspecified atom stereocenters. The lowest BCUT2D eigenvalue weighted by atomic mass is 9.81. The zero-order valence-electron chi connectivity index (χ0n) is 40.2. The largest absolute Gasteiger partial charge is 0.483 e. The number of nitrogens with one attached hydrogen (secondary N) is 6. The Morgan fingerprint density at radius 2 is 1.61 bits per heavy atom. The summed E-state index contributed by atoms with van der Waals surface area (Å²) in [6.07, 6.45) is 5.14. The van der Waals surface area contributed by atoms with E-state index in [-0.39, 0.29) is 66.8 Å². The van der Waals surface area contributed by atoms with Crippen molar-refractivity contribution in [1.29, 1.82) is 0 Å². The minimum atomic E-state index is -1.05. The Labute approximate surface area is 401 Å². The van der Waals surface area contributed by atoms with Crippen LogP contribution in [0.1, 0.15) is 102 Å². The smallest absolute Gasteiger partial charge is 0.407 e. The van der Waals surface area contributed by atoms with Crippen LogP contribution in [0.2, 0.25) is 0 Å². The molecule has 2 bridgehead atoms.